The molecule has 9 atom stereocenters. The molecule has 7 rings (SSSR count). The van der Waals surface area contributed by atoms with E-state index in [4.69, 9.17) is 21.2 Å². The fraction of sp³-hybridized carbons (Fsp3) is 0.535. The smallest absolute Gasteiger partial charge is 0.251 e. The molecule has 2 bridgehead atoms. The quantitative estimate of drug-likeness (QED) is 0.168. The topological polar surface area (TPSA) is 124 Å². The number of carbonyl (C=O) groups excluding carboxylic acids is 2. The number of likely N-dealkylation sites (N-methyl/N-ethyl adjacent to an activating group) is 1. The number of halogens is 1. The normalized spacial score (nSPS) is 27.2. The van der Waals surface area contributed by atoms with Crippen molar-refractivity contribution in [2.75, 3.05) is 34.4 Å². The predicted octanol–water partition coefficient (Wildman–Crippen LogP) is 5.58. The van der Waals surface area contributed by atoms with Gasteiger partial charge in [0.15, 0.2) is 0 Å². The first-order valence-corrected chi connectivity index (χ1v) is 19.6. The van der Waals surface area contributed by atoms with E-state index in [-0.39, 0.29) is 42.5 Å². The Hall–Kier alpha value is -3.51. The zero-order chi connectivity index (χ0) is 38.9. The minimum Gasteiger partial charge on any atom is -0.496 e. The Morgan fingerprint density at radius 2 is 1.83 bits per heavy atom. The summed E-state index contributed by atoms with van der Waals surface area (Å²) >= 11 is 6.67. The maximum Gasteiger partial charge on any atom is 0.251 e. The molecule has 3 saturated carbocycles. The maximum atomic E-state index is 14.2. The third-order valence-electron chi connectivity index (χ3n) is 12.4. The van der Waals surface area contributed by atoms with Crippen LogP contribution in [-0.2, 0) is 22.6 Å². The van der Waals surface area contributed by atoms with Gasteiger partial charge in [0.2, 0.25) is 5.91 Å². The Kier molecular flexibility index (Phi) is 12.4. The van der Waals surface area contributed by atoms with E-state index < -0.39 is 24.2 Å². The van der Waals surface area contributed by atoms with Gasteiger partial charge in [-0.15, -0.1) is 0 Å². The lowest BCUT2D eigenvalue weighted by Gasteiger charge is -2.62. The highest BCUT2D eigenvalue weighted by atomic mass is 35.5. The van der Waals surface area contributed by atoms with Gasteiger partial charge in [0.25, 0.3) is 5.91 Å². The number of aliphatic hydroxyl groups is 2. The number of fused-ring (bicyclic) bond motifs is 2. The van der Waals surface area contributed by atoms with Gasteiger partial charge in [-0.3, -0.25) is 14.4 Å². The minimum atomic E-state index is -0.909. The van der Waals surface area contributed by atoms with Crippen molar-refractivity contribution in [3.8, 4) is 16.9 Å². The average molecular weight is 761 g/mol. The summed E-state index contributed by atoms with van der Waals surface area (Å²) in [5.41, 5.74) is 3.96. The summed E-state index contributed by atoms with van der Waals surface area (Å²) in [5.74, 6) is 0.878. The highest BCUT2D eigenvalue weighted by Crippen LogP contribution is 2.61. The van der Waals surface area contributed by atoms with Crippen LogP contribution in [-0.4, -0.2) is 96.7 Å². The van der Waals surface area contributed by atoms with Crippen molar-refractivity contribution in [3.63, 3.8) is 0 Å². The summed E-state index contributed by atoms with van der Waals surface area (Å²) in [6.07, 6.45) is 1.12. The molecule has 1 saturated heterocycles. The van der Waals surface area contributed by atoms with Crippen molar-refractivity contribution < 1.29 is 29.4 Å². The summed E-state index contributed by atoms with van der Waals surface area (Å²) in [5, 5.41) is 29.8. The summed E-state index contributed by atoms with van der Waals surface area (Å²) < 4.78 is 6.02. The van der Waals surface area contributed by atoms with Crippen LogP contribution in [0.25, 0.3) is 11.1 Å². The van der Waals surface area contributed by atoms with E-state index in [9.17, 15) is 19.8 Å². The van der Waals surface area contributed by atoms with Gasteiger partial charge in [-0.05, 0) is 92.8 Å². The molecule has 3 aromatic rings. The van der Waals surface area contributed by atoms with Crippen LogP contribution < -0.4 is 15.4 Å². The molecular weight excluding hydrogens is 704 g/mol. The van der Waals surface area contributed by atoms with Crippen LogP contribution in [0.15, 0.2) is 66.7 Å². The van der Waals surface area contributed by atoms with Gasteiger partial charge < -0.3 is 30.5 Å². The first-order valence-electron chi connectivity index (χ1n) is 19.2. The number of hydrogen-bond acceptors (Lipinski definition) is 8. The van der Waals surface area contributed by atoms with Crippen molar-refractivity contribution >= 4 is 23.4 Å². The lowest BCUT2D eigenvalue weighted by Crippen LogP contribution is -2.62. The van der Waals surface area contributed by atoms with Crippen LogP contribution in [0.2, 0.25) is 5.02 Å². The molecule has 0 unspecified atom stereocenters. The fourth-order valence-electron chi connectivity index (χ4n) is 9.48. The summed E-state index contributed by atoms with van der Waals surface area (Å²) in [6.45, 7) is 8.99. The fourth-order valence-corrected chi connectivity index (χ4v) is 9.71. The van der Waals surface area contributed by atoms with Crippen molar-refractivity contribution in [2.24, 2.45) is 29.1 Å². The highest BCUT2D eigenvalue weighted by molar-refractivity contribution is 6.31. The van der Waals surface area contributed by atoms with Gasteiger partial charge >= 0.3 is 0 Å². The minimum absolute atomic E-state index is 0.0301. The number of hydrogen-bond donors (Lipinski definition) is 4. The van der Waals surface area contributed by atoms with Crippen LogP contribution >= 0.6 is 11.6 Å². The Bertz CT molecular complexity index is 1790. The van der Waals surface area contributed by atoms with E-state index in [1.807, 2.05) is 56.6 Å². The van der Waals surface area contributed by atoms with Crippen LogP contribution in [0.3, 0.4) is 0 Å². The Morgan fingerprint density at radius 3 is 2.46 bits per heavy atom. The number of nitrogens with zero attached hydrogens (tertiary/aromatic N) is 2. The lowest BCUT2D eigenvalue weighted by molar-refractivity contribution is -0.183. The van der Waals surface area contributed by atoms with Crippen LogP contribution in [0.5, 0.6) is 5.75 Å². The number of ether oxygens (including phenoxy) is 1. The SMILES string of the molecule is COc1c(CN2O[C@@H](CO)[C@@H]([C@H](C)O)[C@H]2C(=O)N[C@H]2C[C@H]3C[C@H]([C@@H]2C)C3(C)C)cccc1-c1cc(Cl)cc(C(=O)N[C@@H](Cc2ccccc2)CN(C)C)c1. The molecule has 4 aliphatic rings. The molecule has 2 amide bonds. The first-order chi connectivity index (χ1) is 25.7. The number of amides is 2. The molecule has 54 heavy (non-hydrogen) atoms. The molecule has 1 aliphatic heterocycles. The van der Waals surface area contributed by atoms with Gasteiger partial charge in [0, 0.05) is 46.3 Å². The van der Waals surface area contributed by atoms with E-state index >= 15 is 0 Å². The molecule has 11 heteroatoms. The summed E-state index contributed by atoms with van der Waals surface area (Å²) in [6, 6.07) is 20.1. The Labute approximate surface area is 325 Å². The molecular formula is C43H57ClN4O6. The van der Waals surface area contributed by atoms with E-state index in [1.54, 1.807) is 31.2 Å². The van der Waals surface area contributed by atoms with E-state index in [1.165, 1.54) is 6.42 Å². The molecule has 4 N–H and O–H groups in total. The molecule has 0 spiro atoms. The number of carbonyl (C=O) groups is 2. The number of methoxy groups -OCH3 is 1. The molecule has 4 fully saturated rings. The molecule has 0 radical (unpaired) electrons. The van der Waals surface area contributed by atoms with Crippen molar-refractivity contribution in [2.45, 2.75) is 83.8 Å². The molecule has 3 aliphatic carbocycles. The summed E-state index contributed by atoms with van der Waals surface area (Å²) in [4.78, 5) is 36.3. The number of rotatable bonds is 14. The van der Waals surface area contributed by atoms with Crippen molar-refractivity contribution in [1.82, 2.24) is 20.6 Å². The molecule has 292 valence electrons. The number of hydroxylamine groups is 2. The molecule has 3 aromatic carbocycles. The third-order valence-corrected chi connectivity index (χ3v) is 12.6. The maximum absolute atomic E-state index is 14.2. The van der Waals surface area contributed by atoms with Gasteiger partial charge in [0.1, 0.15) is 17.9 Å². The van der Waals surface area contributed by atoms with Crippen molar-refractivity contribution in [3.05, 3.63) is 88.4 Å². The van der Waals surface area contributed by atoms with Crippen molar-refractivity contribution in [1.29, 1.82) is 0 Å². The zero-order valence-electron chi connectivity index (χ0n) is 32.6. The first kappa shape index (κ1) is 40.2. The van der Waals surface area contributed by atoms with Crippen LogP contribution in [0.1, 0.15) is 62.0 Å². The van der Waals surface area contributed by atoms with Gasteiger partial charge in [-0.1, -0.05) is 80.9 Å². The molecule has 10 nitrogen and oxygen atoms in total. The second-order valence-corrected chi connectivity index (χ2v) is 17.0. The van der Waals surface area contributed by atoms with E-state index in [0.29, 0.717) is 58.2 Å². The molecule has 1 heterocycles. The highest BCUT2D eigenvalue weighted by Gasteiger charge is 2.57. The monoisotopic (exact) mass is 760 g/mol. The second kappa shape index (κ2) is 16.7. The predicted molar refractivity (Wildman–Crippen MR) is 211 cm³/mol. The average Bonchev–Trinajstić information content (AvgIpc) is 3.50. The zero-order valence-corrected chi connectivity index (χ0v) is 33.3. The number of aliphatic hydroxyl groups excluding tert-OH is 2. The number of benzene rings is 3. The lowest BCUT2D eigenvalue weighted by atomic mass is 9.45. The standard InChI is InChI=1S/C43H57ClN4O6/c1-25-35-20-31(43(35,3)4)21-36(25)46-42(52)39-38(26(2)50)37(24-49)54-48(39)22-28-14-11-15-34(40(28)53-7)29-17-30(19-32(44)18-29)41(51)45-33(23-47(5)6)16-27-12-9-8-10-13-27/h8-15,17-19,25-26,31,33,35-39,49-50H,16,20-24H2,1-7H3,(H,45,51)(H,46,52)/t25-,26-,31+,33-,35+,36-,37-,38+,39-/m0/s1. The third kappa shape index (κ3) is 8.34. The largest absolute Gasteiger partial charge is 0.496 e. The van der Waals surface area contributed by atoms with Gasteiger partial charge in [0.05, 0.1) is 26.4 Å². The van der Waals surface area contributed by atoms with E-state index in [2.05, 4.69) is 48.4 Å². The Morgan fingerprint density at radius 1 is 1.09 bits per heavy atom. The number of nitrogens with one attached hydrogen (secondary N) is 2. The number of para-hydroxylation sites is 1. The Balaban J connectivity index is 1.25. The van der Waals surface area contributed by atoms with Gasteiger partial charge in [-0.25, -0.2) is 0 Å². The summed E-state index contributed by atoms with van der Waals surface area (Å²) in [7, 11) is 5.55. The van der Waals surface area contributed by atoms with Crippen LogP contribution in [0.4, 0.5) is 0 Å². The van der Waals surface area contributed by atoms with Crippen LogP contribution in [0, 0.1) is 29.1 Å². The molecule has 0 aromatic heterocycles. The van der Waals surface area contributed by atoms with E-state index in [0.717, 1.165) is 17.5 Å². The second-order valence-electron chi connectivity index (χ2n) is 16.6. The van der Waals surface area contributed by atoms with Gasteiger partial charge in [-0.2, -0.15) is 5.06 Å².